The van der Waals surface area contributed by atoms with Gasteiger partial charge in [-0.2, -0.15) is 0 Å². The molecule has 152 valence electrons. The fourth-order valence-corrected chi connectivity index (χ4v) is 3.40. The summed E-state index contributed by atoms with van der Waals surface area (Å²) in [4.78, 5) is 24.8. The highest BCUT2D eigenvalue weighted by Gasteiger charge is 2.11. The Morgan fingerprint density at radius 3 is 2.63 bits per heavy atom. The van der Waals surface area contributed by atoms with Gasteiger partial charge >= 0.3 is 6.03 Å². The van der Waals surface area contributed by atoms with Gasteiger partial charge in [-0.05, 0) is 42.0 Å². The van der Waals surface area contributed by atoms with Gasteiger partial charge in [0.2, 0.25) is 0 Å². The molecule has 0 saturated carbocycles. The summed E-state index contributed by atoms with van der Waals surface area (Å²) < 4.78 is 7.01. The van der Waals surface area contributed by atoms with Crippen molar-refractivity contribution in [3.05, 3.63) is 87.7 Å². The number of aromatic nitrogens is 2. The Morgan fingerprint density at radius 2 is 1.87 bits per heavy atom. The molecule has 0 bridgehead atoms. The van der Waals surface area contributed by atoms with Crippen LogP contribution in [0, 0.1) is 0 Å². The quantitative estimate of drug-likeness (QED) is 0.436. The van der Waals surface area contributed by atoms with Crippen LogP contribution in [0.1, 0.15) is 5.56 Å². The summed E-state index contributed by atoms with van der Waals surface area (Å²) in [5.74, 6) is 0.486. The summed E-state index contributed by atoms with van der Waals surface area (Å²) in [6.07, 6.45) is 0. The van der Waals surface area contributed by atoms with Crippen molar-refractivity contribution in [2.75, 3.05) is 17.7 Å². The van der Waals surface area contributed by atoms with Gasteiger partial charge in [-0.1, -0.05) is 41.9 Å². The third-order valence-corrected chi connectivity index (χ3v) is 4.85. The lowest BCUT2D eigenvalue weighted by atomic mass is 10.2. The number of carbonyl (C=O) groups excluding carboxylic acids is 1. The zero-order valence-corrected chi connectivity index (χ0v) is 16.9. The Hall–Kier alpha value is -3.71. The molecule has 30 heavy (non-hydrogen) atoms. The molecule has 7 nitrogen and oxygen atoms in total. The first-order valence-electron chi connectivity index (χ1n) is 9.21. The minimum atomic E-state index is -0.477. The Kier molecular flexibility index (Phi) is 5.45. The maximum atomic E-state index is 12.4. The fraction of sp³-hybridized carbons (Fsp3) is 0.0909. The molecule has 8 heteroatoms. The van der Waals surface area contributed by atoms with Crippen LogP contribution in [-0.2, 0) is 6.54 Å². The van der Waals surface area contributed by atoms with Crippen molar-refractivity contribution in [1.29, 1.82) is 0 Å². The van der Waals surface area contributed by atoms with Crippen LogP contribution in [0.2, 0.25) is 5.02 Å². The van der Waals surface area contributed by atoms with Gasteiger partial charge in [0.15, 0.2) is 0 Å². The molecule has 0 radical (unpaired) electrons. The molecule has 0 fully saturated rings. The first-order chi connectivity index (χ1) is 14.5. The molecule has 1 aromatic heterocycles. The molecule has 0 unspecified atom stereocenters. The number of H-pyrrole nitrogens is 1. The van der Waals surface area contributed by atoms with Crippen LogP contribution in [-0.4, -0.2) is 22.9 Å². The lowest BCUT2D eigenvalue weighted by Gasteiger charge is -2.12. The third-order valence-electron chi connectivity index (χ3n) is 4.62. The average Bonchev–Trinajstić information content (AvgIpc) is 3.04. The van der Waals surface area contributed by atoms with E-state index in [1.807, 2.05) is 30.3 Å². The van der Waals surface area contributed by atoms with Crippen LogP contribution in [0.15, 0.2) is 71.5 Å². The van der Waals surface area contributed by atoms with Gasteiger partial charge in [0, 0.05) is 10.7 Å². The molecule has 0 saturated heterocycles. The molecule has 0 aliphatic rings. The molecule has 2 amide bonds. The molecule has 1 heterocycles. The number of urea groups is 1. The molecule has 3 aromatic carbocycles. The van der Waals surface area contributed by atoms with Crippen LogP contribution in [0.3, 0.4) is 0 Å². The number of fused-ring (bicyclic) bond motifs is 1. The number of hydrogen-bond acceptors (Lipinski definition) is 3. The number of methoxy groups -OCH3 is 1. The van der Waals surface area contributed by atoms with Crippen molar-refractivity contribution in [1.82, 2.24) is 9.78 Å². The number of amides is 2. The van der Waals surface area contributed by atoms with E-state index in [-0.39, 0.29) is 5.56 Å². The van der Waals surface area contributed by atoms with Crippen molar-refractivity contribution in [2.24, 2.45) is 0 Å². The summed E-state index contributed by atoms with van der Waals surface area (Å²) >= 11 is 5.99. The molecule has 0 aliphatic carbocycles. The number of anilines is 2. The van der Waals surface area contributed by atoms with Crippen LogP contribution >= 0.6 is 11.6 Å². The minimum absolute atomic E-state index is 0.221. The van der Waals surface area contributed by atoms with E-state index in [1.54, 1.807) is 41.1 Å². The van der Waals surface area contributed by atoms with E-state index in [4.69, 9.17) is 16.3 Å². The summed E-state index contributed by atoms with van der Waals surface area (Å²) in [5.41, 5.74) is 2.54. The minimum Gasteiger partial charge on any atom is -0.495 e. The molecule has 3 N–H and O–H groups in total. The average molecular weight is 423 g/mol. The van der Waals surface area contributed by atoms with Crippen molar-refractivity contribution in [2.45, 2.75) is 6.54 Å². The number of nitrogens with zero attached hydrogens (tertiary/aromatic N) is 1. The van der Waals surface area contributed by atoms with E-state index in [1.165, 1.54) is 7.11 Å². The standard InChI is InChI=1S/C22H19ClN4O3/c1-30-20-10-7-15(23)11-18(20)25-22(29)24-16-8-9-19-17(12-16)21(28)26-27(19)13-14-5-3-2-4-6-14/h2-12H,13H2,1H3,(H,26,28)(H2,24,25,29). The van der Waals surface area contributed by atoms with Gasteiger partial charge in [-0.15, -0.1) is 0 Å². The first kappa shape index (κ1) is 19.6. The Morgan fingerprint density at radius 1 is 1.07 bits per heavy atom. The molecule has 4 rings (SSSR count). The number of aromatic amines is 1. The zero-order chi connectivity index (χ0) is 21.1. The zero-order valence-electron chi connectivity index (χ0n) is 16.1. The summed E-state index contributed by atoms with van der Waals surface area (Å²) in [7, 11) is 1.51. The number of ether oxygens (including phenoxy) is 1. The first-order valence-corrected chi connectivity index (χ1v) is 9.59. The number of rotatable bonds is 5. The van der Waals surface area contributed by atoms with E-state index < -0.39 is 6.03 Å². The summed E-state index contributed by atoms with van der Waals surface area (Å²) in [5, 5.41) is 9.23. The molecule has 0 aliphatic heterocycles. The predicted octanol–water partition coefficient (Wildman–Crippen LogP) is 4.68. The SMILES string of the molecule is COc1ccc(Cl)cc1NC(=O)Nc1ccc2c(c1)c(=O)[nH]n2Cc1ccccc1. The lowest BCUT2D eigenvalue weighted by Crippen LogP contribution is -2.19. The van der Waals surface area contributed by atoms with E-state index in [9.17, 15) is 9.59 Å². The van der Waals surface area contributed by atoms with Crippen molar-refractivity contribution < 1.29 is 9.53 Å². The fourth-order valence-electron chi connectivity index (χ4n) is 3.23. The molecule has 4 aromatic rings. The largest absolute Gasteiger partial charge is 0.495 e. The number of hydrogen-bond donors (Lipinski definition) is 3. The third kappa shape index (κ3) is 4.16. The van der Waals surface area contributed by atoms with E-state index in [0.717, 1.165) is 11.1 Å². The smallest absolute Gasteiger partial charge is 0.323 e. The van der Waals surface area contributed by atoms with Crippen molar-refractivity contribution >= 4 is 39.9 Å². The highest BCUT2D eigenvalue weighted by Crippen LogP contribution is 2.28. The van der Waals surface area contributed by atoms with Gasteiger partial charge in [0.1, 0.15) is 5.75 Å². The predicted molar refractivity (Wildman–Crippen MR) is 119 cm³/mol. The molecular formula is C22H19ClN4O3. The van der Waals surface area contributed by atoms with E-state index in [2.05, 4.69) is 15.7 Å². The van der Waals surface area contributed by atoms with Gasteiger partial charge < -0.3 is 15.4 Å². The number of halogens is 1. The number of benzene rings is 3. The maximum absolute atomic E-state index is 12.4. The van der Waals surface area contributed by atoms with Crippen LogP contribution in [0.4, 0.5) is 16.2 Å². The topological polar surface area (TPSA) is 88.2 Å². The van der Waals surface area contributed by atoms with E-state index in [0.29, 0.717) is 34.1 Å². The normalized spacial score (nSPS) is 10.7. The lowest BCUT2D eigenvalue weighted by molar-refractivity contribution is 0.262. The monoisotopic (exact) mass is 422 g/mol. The second-order valence-electron chi connectivity index (χ2n) is 6.67. The van der Waals surface area contributed by atoms with Gasteiger partial charge in [-0.3, -0.25) is 14.6 Å². The Labute approximate surface area is 177 Å². The van der Waals surface area contributed by atoms with Crippen LogP contribution in [0.25, 0.3) is 10.9 Å². The van der Waals surface area contributed by atoms with Gasteiger partial charge in [0.05, 0.1) is 30.2 Å². The summed E-state index contributed by atoms with van der Waals surface area (Å²) in [6, 6.07) is 19.5. The maximum Gasteiger partial charge on any atom is 0.323 e. The van der Waals surface area contributed by atoms with E-state index >= 15 is 0 Å². The molecule has 0 spiro atoms. The van der Waals surface area contributed by atoms with Gasteiger partial charge in [0.25, 0.3) is 5.56 Å². The summed E-state index contributed by atoms with van der Waals surface area (Å²) in [6.45, 7) is 0.543. The van der Waals surface area contributed by atoms with Gasteiger partial charge in [-0.25, -0.2) is 4.79 Å². The molecule has 0 atom stereocenters. The Balaban J connectivity index is 1.54. The second kappa shape index (κ2) is 8.34. The van der Waals surface area contributed by atoms with Crippen molar-refractivity contribution in [3.8, 4) is 5.75 Å². The van der Waals surface area contributed by atoms with Crippen LogP contribution in [0.5, 0.6) is 5.75 Å². The highest BCUT2D eigenvalue weighted by atomic mass is 35.5. The second-order valence-corrected chi connectivity index (χ2v) is 7.10. The van der Waals surface area contributed by atoms with Crippen LogP contribution < -0.4 is 20.9 Å². The number of carbonyl (C=O) groups is 1. The highest BCUT2D eigenvalue weighted by molar-refractivity contribution is 6.31. The Bertz CT molecular complexity index is 1260. The number of nitrogens with one attached hydrogen (secondary N) is 3. The molecular weight excluding hydrogens is 404 g/mol. The van der Waals surface area contributed by atoms with Crippen molar-refractivity contribution in [3.63, 3.8) is 0 Å².